The highest BCUT2D eigenvalue weighted by Crippen LogP contribution is 2.30. The average molecular weight is 354 g/mol. The molecular formula is C17H26N2O4S. The second kappa shape index (κ2) is 7.96. The van der Waals surface area contributed by atoms with Gasteiger partial charge in [-0.1, -0.05) is 0 Å². The number of carbonyl (C=O) groups is 2. The third-order valence-electron chi connectivity index (χ3n) is 3.62. The van der Waals surface area contributed by atoms with Gasteiger partial charge in [0.2, 0.25) is 0 Å². The average Bonchev–Trinajstić information content (AvgIpc) is 2.94. The van der Waals surface area contributed by atoms with Gasteiger partial charge < -0.3 is 14.4 Å². The third-order valence-corrected chi connectivity index (χ3v) is 4.68. The Labute approximate surface area is 147 Å². The third kappa shape index (κ3) is 5.47. The van der Waals surface area contributed by atoms with E-state index in [9.17, 15) is 9.59 Å². The molecule has 0 aromatic carbocycles. The van der Waals surface area contributed by atoms with Gasteiger partial charge in [-0.2, -0.15) is 0 Å². The summed E-state index contributed by atoms with van der Waals surface area (Å²) in [6, 6.07) is 0. The minimum absolute atomic E-state index is 0.201. The van der Waals surface area contributed by atoms with E-state index in [0.29, 0.717) is 19.7 Å². The number of thiazole rings is 1. The first-order valence-electron chi connectivity index (χ1n) is 8.36. The lowest BCUT2D eigenvalue weighted by molar-refractivity contribution is -0.142. The van der Waals surface area contributed by atoms with Crippen LogP contribution in [0.25, 0.3) is 0 Å². The number of carbonyl (C=O) groups excluding carboxylic acids is 2. The Balaban J connectivity index is 1.96. The summed E-state index contributed by atoms with van der Waals surface area (Å²) in [6.07, 6.45) is 1.85. The number of aromatic nitrogens is 1. The molecule has 0 aliphatic carbocycles. The fourth-order valence-electron chi connectivity index (χ4n) is 2.62. The van der Waals surface area contributed by atoms with Crippen molar-refractivity contribution in [2.45, 2.75) is 58.5 Å². The predicted octanol–water partition coefficient (Wildman–Crippen LogP) is 3.36. The molecule has 0 N–H and O–H groups in total. The quantitative estimate of drug-likeness (QED) is 0.776. The van der Waals surface area contributed by atoms with Crippen molar-refractivity contribution in [1.29, 1.82) is 0 Å². The summed E-state index contributed by atoms with van der Waals surface area (Å²) >= 11 is 1.55. The molecule has 1 fully saturated rings. The van der Waals surface area contributed by atoms with E-state index in [-0.39, 0.29) is 24.4 Å². The van der Waals surface area contributed by atoms with Gasteiger partial charge in [0.15, 0.2) is 0 Å². The van der Waals surface area contributed by atoms with Crippen LogP contribution in [0.2, 0.25) is 0 Å². The molecule has 1 aliphatic heterocycles. The number of amides is 1. The second-order valence-corrected chi connectivity index (χ2v) is 7.81. The number of likely N-dealkylation sites (tertiary alicyclic amines) is 1. The Morgan fingerprint density at radius 2 is 2.17 bits per heavy atom. The van der Waals surface area contributed by atoms with E-state index in [1.165, 1.54) is 0 Å². The van der Waals surface area contributed by atoms with Crippen molar-refractivity contribution in [3.05, 3.63) is 16.1 Å². The van der Waals surface area contributed by atoms with Gasteiger partial charge in [-0.3, -0.25) is 4.79 Å². The van der Waals surface area contributed by atoms with E-state index < -0.39 is 5.60 Å². The minimum atomic E-state index is -0.488. The molecule has 1 atom stereocenters. The van der Waals surface area contributed by atoms with E-state index >= 15 is 0 Å². The van der Waals surface area contributed by atoms with E-state index in [1.54, 1.807) is 23.2 Å². The summed E-state index contributed by atoms with van der Waals surface area (Å²) in [5.41, 5.74) is 0.251. The summed E-state index contributed by atoms with van der Waals surface area (Å²) in [4.78, 5) is 30.1. The molecule has 24 heavy (non-hydrogen) atoms. The Hall–Kier alpha value is -1.63. The van der Waals surface area contributed by atoms with Crippen molar-refractivity contribution in [1.82, 2.24) is 9.88 Å². The number of nitrogens with zero attached hydrogens (tertiary/aromatic N) is 2. The molecule has 1 saturated heterocycles. The van der Waals surface area contributed by atoms with Gasteiger partial charge in [0.05, 0.1) is 23.7 Å². The summed E-state index contributed by atoms with van der Waals surface area (Å²) in [6.45, 7) is 9.10. The van der Waals surface area contributed by atoms with Crippen LogP contribution in [0.1, 0.15) is 57.2 Å². The van der Waals surface area contributed by atoms with Crippen LogP contribution >= 0.6 is 11.3 Å². The summed E-state index contributed by atoms with van der Waals surface area (Å²) in [7, 11) is 0. The van der Waals surface area contributed by atoms with E-state index in [0.717, 1.165) is 23.5 Å². The molecular weight excluding hydrogens is 328 g/mol. The van der Waals surface area contributed by atoms with Crippen molar-refractivity contribution in [3.8, 4) is 0 Å². The lowest BCUT2D eigenvalue weighted by Crippen LogP contribution is -2.42. The number of hydrogen-bond donors (Lipinski definition) is 0. The standard InChI is InChI=1S/C17H26N2O4S/c1-5-22-14(20)9-13-11-24-15(18-13)12-7-6-8-19(10-12)16(21)23-17(2,3)4/h11-12H,5-10H2,1-4H3/t12-/m1/s1. The fourth-order valence-corrected chi connectivity index (χ4v) is 3.57. The Morgan fingerprint density at radius 3 is 2.83 bits per heavy atom. The number of rotatable bonds is 4. The predicted molar refractivity (Wildman–Crippen MR) is 92.2 cm³/mol. The van der Waals surface area contributed by atoms with E-state index in [2.05, 4.69) is 4.98 Å². The molecule has 1 aliphatic rings. The van der Waals surface area contributed by atoms with Crippen LogP contribution in [0.3, 0.4) is 0 Å². The molecule has 0 bridgehead atoms. The number of esters is 1. The Morgan fingerprint density at radius 1 is 1.42 bits per heavy atom. The fraction of sp³-hybridized carbons (Fsp3) is 0.706. The van der Waals surface area contributed by atoms with Gasteiger partial charge in [-0.25, -0.2) is 9.78 Å². The molecule has 0 spiro atoms. The maximum atomic E-state index is 12.2. The van der Waals surface area contributed by atoms with Gasteiger partial charge in [0, 0.05) is 24.4 Å². The number of ether oxygens (including phenoxy) is 2. The van der Waals surface area contributed by atoms with Crippen LogP contribution in [-0.2, 0) is 20.7 Å². The van der Waals surface area contributed by atoms with Crippen LogP contribution in [0.15, 0.2) is 5.38 Å². The maximum absolute atomic E-state index is 12.2. The smallest absolute Gasteiger partial charge is 0.410 e. The Kier molecular flexibility index (Phi) is 6.21. The zero-order chi connectivity index (χ0) is 17.7. The van der Waals surface area contributed by atoms with Crippen LogP contribution in [0.4, 0.5) is 4.79 Å². The van der Waals surface area contributed by atoms with Crippen LogP contribution in [0, 0.1) is 0 Å². The lowest BCUT2D eigenvalue weighted by atomic mass is 9.99. The van der Waals surface area contributed by atoms with Crippen molar-refractivity contribution in [2.24, 2.45) is 0 Å². The highest BCUT2D eigenvalue weighted by molar-refractivity contribution is 7.09. The van der Waals surface area contributed by atoms with Crippen LogP contribution < -0.4 is 0 Å². The monoisotopic (exact) mass is 354 g/mol. The first kappa shape index (κ1) is 18.7. The first-order chi connectivity index (χ1) is 11.3. The normalized spacial score (nSPS) is 18.3. The van der Waals surface area contributed by atoms with Crippen molar-refractivity contribution in [3.63, 3.8) is 0 Å². The first-order valence-corrected chi connectivity index (χ1v) is 9.24. The van der Waals surface area contributed by atoms with Gasteiger partial charge in [-0.05, 0) is 40.5 Å². The van der Waals surface area contributed by atoms with Gasteiger partial charge in [-0.15, -0.1) is 11.3 Å². The molecule has 0 radical (unpaired) electrons. The molecule has 134 valence electrons. The highest BCUT2D eigenvalue weighted by atomic mass is 32.1. The molecule has 2 rings (SSSR count). The van der Waals surface area contributed by atoms with Crippen molar-refractivity contribution < 1.29 is 19.1 Å². The zero-order valence-electron chi connectivity index (χ0n) is 14.8. The molecule has 1 aromatic heterocycles. The van der Waals surface area contributed by atoms with Gasteiger partial charge in [0.25, 0.3) is 0 Å². The molecule has 6 nitrogen and oxygen atoms in total. The summed E-state index contributed by atoms with van der Waals surface area (Å²) in [5.74, 6) is -0.0550. The topological polar surface area (TPSA) is 68.7 Å². The number of piperidine rings is 1. The molecule has 1 amide bonds. The van der Waals surface area contributed by atoms with Crippen molar-refractivity contribution in [2.75, 3.05) is 19.7 Å². The minimum Gasteiger partial charge on any atom is -0.466 e. The van der Waals surface area contributed by atoms with Crippen molar-refractivity contribution >= 4 is 23.4 Å². The highest BCUT2D eigenvalue weighted by Gasteiger charge is 2.29. The van der Waals surface area contributed by atoms with E-state index in [1.807, 2.05) is 26.2 Å². The van der Waals surface area contributed by atoms with Crippen LogP contribution in [0.5, 0.6) is 0 Å². The number of hydrogen-bond acceptors (Lipinski definition) is 6. The van der Waals surface area contributed by atoms with Crippen LogP contribution in [-0.4, -0.2) is 47.2 Å². The van der Waals surface area contributed by atoms with Gasteiger partial charge >= 0.3 is 12.1 Å². The van der Waals surface area contributed by atoms with E-state index in [4.69, 9.17) is 9.47 Å². The molecule has 0 saturated carbocycles. The summed E-state index contributed by atoms with van der Waals surface area (Å²) < 4.78 is 10.4. The molecule has 7 heteroatoms. The Bertz CT molecular complexity index is 579. The molecule has 2 heterocycles. The second-order valence-electron chi connectivity index (χ2n) is 6.92. The maximum Gasteiger partial charge on any atom is 0.410 e. The van der Waals surface area contributed by atoms with Gasteiger partial charge in [0.1, 0.15) is 5.60 Å². The lowest BCUT2D eigenvalue weighted by Gasteiger charge is -2.33. The SMILES string of the molecule is CCOC(=O)Cc1csc([C@@H]2CCCN(C(=O)OC(C)(C)C)C2)n1. The molecule has 1 aromatic rings. The molecule has 0 unspecified atom stereocenters. The zero-order valence-corrected chi connectivity index (χ0v) is 15.6. The largest absolute Gasteiger partial charge is 0.466 e. The summed E-state index contributed by atoms with van der Waals surface area (Å²) in [5, 5.41) is 2.88.